The average Bonchev–Trinajstić information content (AvgIpc) is 2.82. The highest BCUT2D eigenvalue weighted by Crippen LogP contribution is 2.43. The number of hydrogen-bond acceptors (Lipinski definition) is 4. The third-order valence-corrected chi connectivity index (χ3v) is 14.2. The maximum absolute atomic E-state index is 11.1. The Morgan fingerprint density at radius 2 is 1.29 bits per heavy atom. The molecule has 5 heteroatoms. The molecule has 0 unspecified atom stereocenters. The zero-order valence-electron chi connectivity index (χ0n) is 22.2. The fourth-order valence-corrected chi connectivity index (χ4v) is 11.4. The first-order chi connectivity index (χ1) is 16.0. The van der Waals surface area contributed by atoms with Crippen molar-refractivity contribution in [2.45, 2.75) is 95.7 Å². The Morgan fingerprint density at radius 3 is 1.76 bits per heavy atom. The van der Waals surface area contributed by atoms with Crippen LogP contribution in [0.25, 0.3) is 0 Å². The molecule has 1 fully saturated rings. The van der Waals surface area contributed by atoms with Crippen LogP contribution in [0, 0.1) is 0 Å². The van der Waals surface area contributed by atoms with Gasteiger partial charge in [0.25, 0.3) is 8.32 Å². The zero-order valence-corrected chi connectivity index (χ0v) is 23.2. The van der Waals surface area contributed by atoms with Crippen LogP contribution in [0.1, 0.15) is 78.5 Å². The lowest BCUT2D eigenvalue weighted by molar-refractivity contribution is -0.0501. The molecular formula is C29H45NO3Si. The van der Waals surface area contributed by atoms with Crippen LogP contribution in [0.3, 0.4) is 0 Å². The van der Waals surface area contributed by atoms with E-state index in [1.165, 1.54) is 0 Å². The van der Waals surface area contributed by atoms with Crippen LogP contribution in [0.4, 0.5) is 0 Å². The third kappa shape index (κ3) is 5.43. The summed E-state index contributed by atoms with van der Waals surface area (Å²) in [4.78, 5) is 2.29. The largest absolute Gasteiger partial charge is 0.543 e. The Labute approximate surface area is 208 Å². The number of aliphatic hydroxyl groups excluding tert-OH is 1. The fraction of sp³-hybridized carbons (Fsp3) is 0.586. The molecular weight excluding hydrogens is 438 g/mol. The molecule has 0 radical (unpaired) electrons. The molecule has 1 aliphatic heterocycles. The number of likely N-dealkylation sites (tertiary alicyclic amines) is 1. The van der Waals surface area contributed by atoms with Gasteiger partial charge in [-0.2, -0.15) is 0 Å². The van der Waals surface area contributed by atoms with Gasteiger partial charge < -0.3 is 14.6 Å². The van der Waals surface area contributed by atoms with E-state index < -0.39 is 20.0 Å². The van der Waals surface area contributed by atoms with Crippen LogP contribution in [0.15, 0.2) is 54.6 Å². The van der Waals surface area contributed by atoms with Gasteiger partial charge in [-0.15, -0.1) is 0 Å². The molecule has 0 aliphatic carbocycles. The van der Waals surface area contributed by atoms with Crippen LogP contribution in [-0.2, 0) is 5.60 Å². The first-order valence-electron chi connectivity index (χ1n) is 13.0. The predicted molar refractivity (Wildman–Crippen MR) is 144 cm³/mol. The zero-order chi connectivity index (χ0) is 25.1. The summed E-state index contributed by atoms with van der Waals surface area (Å²) < 4.78 is 6.78. The lowest BCUT2D eigenvalue weighted by atomic mass is 9.83. The maximum atomic E-state index is 11.1. The molecule has 0 amide bonds. The topological polar surface area (TPSA) is 52.9 Å². The Kier molecular flexibility index (Phi) is 8.67. The lowest BCUT2D eigenvalue weighted by Gasteiger charge is -2.42. The Morgan fingerprint density at radius 1 is 0.794 bits per heavy atom. The lowest BCUT2D eigenvalue weighted by Crippen LogP contribution is -2.50. The van der Waals surface area contributed by atoms with Crippen LogP contribution in [0.5, 0.6) is 5.75 Å². The van der Waals surface area contributed by atoms with Gasteiger partial charge >= 0.3 is 0 Å². The van der Waals surface area contributed by atoms with E-state index >= 15 is 0 Å². The summed E-state index contributed by atoms with van der Waals surface area (Å²) in [5.41, 5.74) is 2.68. The van der Waals surface area contributed by atoms with Crippen molar-refractivity contribution in [2.24, 2.45) is 0 Å². The summed E-state index contributed by atoms with van der Waals surface area (Å²) in [7, 11) is -2.00. The number of piperidine rings is 1. The Bertz CT molecular complexity index is 868. The summed E-state index contributed by atoms with van der Waals surface area (Å²) in [6.45, 7) is 17.4. The fourth-order valence-electron chi connectivity index (χ4n) is 6.11. The van der Waals surface area contributed by atoms with Crippen molar-refractivity contribution in [2.75, 3.05) is 13.1 Å². The van der Waals surface area contributed by atoms with Crippen molar-refractivity contribution in [3.05, 3.63) is 65.7 Å². The van der Waals surface area contributed by atoms with Crippen LogP contribution in [-0.4, -0.2) is 42.6 Å². The van der Waals surface area contributed by atoms with E-state index in [4.69, 9.17) is 4.43 Å². The normalized spacial score (nSPS) is 18.9. The van der Waals surface area contributed by atoms with Gasteiger partial charge in [-0.25, -0.2) is 0 Å². The summed E-state index contributed by atoms with van der Waals surface area (Å²) in [5.74, 6) is 0.914. The monoisotopic (exact) mass is 483 g/mol. The molecule has 0 saturated carbocycles. The Balaban J connectivity index is 1.66. The first kappa shape index (κ1) is 26.9. The van der Waals surface area contributed by atoms with Crippen molar-refractivity contribution >= 4 is 8.32 Å². The van der Waals surface area contributed by atoms with Crippen LogP contribution in [0.2, 0.25) is 16.6 Å². The molecule has 0 spiro atoms. The van der Waals surface area contributed by atoms with Crippen molar-refractivity contribution in [1.82, 2.24) is 4.90 Å². The quantitative estimate of drug-likeness (QED) is 0.392. The molecule has 2 aromatic carbocycles. The number of nitrogens with zero attached hydrogens (tertiary/aromatic N) is 1. The SMILES string of the molecule is CC(C)[Si](Oc1ccc([C@@H](O)[C@@H](C)N2CCC(O)(c3ccccc3)CC2)cc1)(C(C)C)C(C)C. The molecule has 1 heterocycles. The molecule has 1 saturated heterocycles. The van der Waals surface area contributed by atoms with Gasteiger partial charge in [0.05, 0.1) is 11.7 Å². The molecule has 2 N–H and O–H groups in total. The smallest absolute Gasteiger partial charge is 0.258 e. The molecule has 0 aromatic heterocycles. The number of benzene rings is 2. The standard InChI is InChI=1S/C29H45NO3Si/c1-21(2)34(22(3)4,23(5)6)33-27-15-13-25(14-16-27)28(31)24(7)30-19-17-29(32,18-20-30)26-11-9-8-10-12-26/h8-16,21-24,28,31-32H,17-20H2,1-7H3/t24-,28+/m1/s1. The molecule has 2 aromatic rings. The summed E-state index contributed by atoms with van der Waals surface area (Å²) in [6, 6.07) is 18.0. The van der Waals surface area contributed by atoms with E-state index in [9.17, 15) is 10.2 Å². The van der Waals surface area contributed by atoms with Crippen molar-refractivity contribution in [3.63, 3.8) is 0 Å². The number of hydrogen-bond donors (Lipinski definition) is 2. The third-order valence-electron chi connectivity index (χ3n) is 8.19. The highest BCUT2D eigenvalue weighted by molar-refractivity contribution is 6.78. The molecule has 0 bridgehead atoms. The first-order valence-corrected chi connectivity index (χ1v) is 15.1. The minimum absolute atomic E-state index is 0.0254. The van der Waals surface area contributed by atoms with Crippen LogP contribution >= 0.6 is 0 Å². The van der Waals surface area contributed by atoms with Gasteiger partial charge in [-0.3, -0.25) is 4.90 Å². The van der Waals surface area contributed by atoms with Gasteiger partial charge in [0, 0.05) is 19.1 Å². The summed E-state index contributed by atoms with van der Waals surface area (Å²) in [6.07, 6.45) is 0.764. The highest BCUT2D eigenvalue weighted by Gasteiger charge is 2.47. The van der Waals surface area contributed by atoms with E-state index in [-0.39, 0.29) is 6.04 Å². The van der Waals surface area contributed by atoms with E-state index in [0.29, 0.717) is 29.5 Å². The summed E-state index contributed by atoms with van der Waals surface area (Å²) >= 11 is 0. The summed E-state index contributed by atoms with van der Waals surface area (Å²) in [5, 5.41) is 22.3. The predicted octanol–water partition coefficient (Wildman–Crippen LogP) is 6.65. The van der Waals surface area contributed by atoms with E-state index in [2.05, 4.69) is 53.4 Å². The van der Waals surface area contributed by atoms with Crippen molar-refractivity contribution < 1.29 is 14.6 Å². The van der Waals surface area contributed by atoms with Gasteiger partial charge in [-0.1, -0.05) is 84.0 Å². The Hall–Kier alpha value is -1.66. The minimum Gasteiger partial charge on any atom is -0.543 e. The molecule has 4 nitrogen and oxygen atoms in total. The van der Waals surface area contributed by atoms with Crippen LogP contribution < -0.4 is 4.43 Å². The second kappa shape index (κ2) is 10.9. The number of aliphatic hydroxyl groups is 2. The maximum Gasteiger partial charge on any atom is 0.258 e. The number of rotatable bonds is 9. The van der Waals surface area contributed by atoms with E-state index in [1.807, 2.05) is 54.6 Å². The van der Waals surface area contributed by atoms with Crippen molar-refractivity contribution in [1.29, 1.82) is 0 Å². The molecule has 34 heavy (non-hydrogen) atoms. The second-order valence-electron chi connectivity index (χ2n) is 11.1. The molecule has 188 valence electrons. The van der Waals surface area contributed by atoms with E-state index in [0.717, 1.165) is 30.0 Å². The van der Waals surface area contributed by atoms with Crippen molar-refractivity contribution in [3.8, 4) is 5.75 Å². The average molecular weight is 484 g/mol. The molecule has 1 aliphatic rings. The minimum atomic E-state index is -2.00. The van der Waals surface area contributed by atoms with Gasteiger partial charge in [0.2, 0.25) is 0 Å². The molecule has 3 rings (SSSR count). The van der Waals surface area contributed by atoms with Gasteiger partial charge in [0.1, 0.15) is 5.75 Å². The van der Waals surface area contributed by atoms with Gasteiger partial charge in [0.15, 0.2) is 0 Å². The highest BCUT2D eigenvalue weighted by atomic mass is 28.4. The van der Waals surface area contributed by atoms with Gasteiger partial charge in [-0.05, 0) is 59.6 Å². The molecule has 2 atom stereocenters. The second-order valence-corrected chi connectivity index (χ2v) is 16.5. The van der Waals surface area contributed by atoms with E-state index in [1.54, 1.807) is 0 Å².